The molecule has 0 fully saturated rings. The molecular weight excluding hydrogens is 256 g/mol. The molecule has 72 valence electrons. The fourth-order valence-corrected chi connectivity index (χ4v) is 1.59. The minimum atomic E-state index is 0.281. The Morgan fingerprint density at radius 2 is 2.20 bits per heavy atom. The molecule has 0 amide bonds. The highest BCUT2D eigenvalue weighted by atomic mass is 79.9. The maximum Gasteiger partial charge on any atom is 0.170 e. The maximum absolute atomic E-state index is 8.86. The number of aromatic nitrogens is 3. The summed E-state index contributed by atoms with van der Waals surface area (Å²) < 4.78 is 0.926. The lowest BCUT2D eigenvalue weighted by Crippen LogP contribution is -1.94. The highest BCUT2D eigenvalue weighted by Crippen LogP contribution is 2.22. The molecule has 4 nitrogen and oxygen atoms in total. The molecule has 0 bridgehead atoms. The summed E-state index contributed by atoms with van der Waals surface area (Å²) in [6.45, 7) is 0. The summed E-state index contributed by atoms with van der Waals surface area (Å²) in [4.78, 5) is 3.85. The molecule has 0 aliphatic rings. The van der Waals surface area contributed by atoms with Crippen molar-refractivity contribution in [2.75, 3.05) is 0 Å². The van der Waals surface area contributed by atoms with E-state index < -0.39 is 0 Å². The standard InChI is InChI=1S/C10H5BrN4/c11-8-3-1-2-7(4-8)10-9(5-12)13-6-14-15-10/h1-4,6H. The van der Waals surface area contributed by atoms with Gasteiger partial charge in [-0.2, -0.15) is 5.26 Å². The second kappa shape index (κ2) is 4.15. The summed E-state index contributed by atoms with van der Waals surface area (Å²) in [5, 5.41) is 16.4. The second-order valence-electron chi connectivity index (χ2n) is 2.78. The van der Waals surface area contributed by atoms with Crippen LogP contribution >= 0.6 is 15.9 Å². The highest BCUT2D eigenvalue weighted by Gasteiger charge is 2.07. The molecule has 0 saturated carbocycles. The Balaban J connectivity index is 2.60. The summed E-state index contributed by atoms with van der Waals surface area (Å²) in [7, 11) is 0. The smallest absolute Gasteiger partial charge is 0.170 e. The molecule has 0 atom stereocenters. The van der Waals surface area contributed by atoms with E-state index in [0.29, 0.717) is 5.69 Å². The molecular formula is C10H5BrN4. The molecule has 0 N–H and O–H groups in total. The lowest BCUT2D eigenvalue weighted by atomic mass is 10.1. The normalized spacial score (nSPS) is 9.60. The van der Waals surface area contributed by atoms with Gasteiger partial charge in [-0.3, -0.25) is 0 Å². The molecule has 0 saturated heterocycles. The third-order valence-electron chi connectivity index (χ3n) is 1.82. The maximum atomic E-state index is 8.86. The molecule has 0 aliphatic heterocycles. The zero-order valence-corrected chi connectivity index (χ0v) is 9.14. The van der Waals surface area contributed by atoms with Crippen LogP contribution in [0.3, 0.4) is 0 Å². The van der Waals surface area contributed by atoms with Gasteiger partial charge in [0.05, 0.1) is 0 Å². The third kappa shape index (κ3) is 2.00. The van der Waals surface area contributed by atoms with E-state index in [4.69, 9.17) is 5.26 Å². The van der Waals surface area contributed by atoms with Crippen molar-refractivity contribution in [2.24, 2.45) is 0 Å². The molecule has 0 spiro atoms. The molecule has 0 aliphatic carbocycles. The van der Waals surface area contributed by atoms with E-state index in [1.807, 2.05) is 30.3 Å². The van der Waals surface area contributed by atoms with Crippen molar-refractivity contribution < 1.29 is 0 Å². The summed E-state index contributed by atoms with van der Waals surface area (Å²) in [6, 6.07) is 9.48. The average Bonchev–Trinajstić information content (AvgIpc) is 2.29. The van der Waals surface area contributed by atoms with Gasteiger partial charge in [0.2, 0.25) is 0 Å². The number of rotatable bonds is 1. The van der Waals surface area contributed by atoms with E-state index >= 15 is 0 Å². The number of hydrogen-bond donors (Lipinski definition) is 0. The molecule has 1 aromatic carbocycles. The van der Waals surface area contributed by atoms with Crippen LogP contribution in [0.5, 0.6) is 0 Å². The van der Waals surface area contributed by atoms with Crippen molar-refractivity contribution in [2.45, 2.75) is 0 Å². The molecule has 1 heterocycles. The van der Waals surface area contributed by atoms with Gasteiger partial charge < -0.3 is 0 Å². The van der Waals surface area contributed by atoms with E-state index in [9.17, 15) is 0 Å². The van der Waals surface area contributed by atoms with Crippen molar-refractivity contribution in [3.05, 3.63) is 40.8 Å². The van der Waals surface area contributed by atoms with Crippen LogP contribution in [0.1, 0.15) is 5.69 Å². The van der Waals surface area contributed by atoms with Crippen molar-refractivity contribution in [1.82, 2.24) is 15.2 Å². The fourth-order valence-electron chi connectivity index (χ4n) is 1.19. The van der Waals surface area contributed by atoms with Crippen LogP contribution in [-0.4, -0.2) is 15.2 Å². The zero-order chi connectivity index (χ0) is 10.7. The van der Waals surface area contributed by atoms with E-state index in [1.54, 1.807) is 0 Å². The molecule has 2 rings (SSSR count). The van der Waals surface area contributed by atoms with Gasteiger partial charge in [-0.25, -0.2) is 4.98 Å². The van der Waals surface area contributed by atoms with Crippen molar-refractivity contribution in [3.63, 3.8) is 0 Å². The monoisotopic (exact) mass is 260 g/mol. The van der Waals surface area contributed by atoms with E-state index in [2.05, 4.69) is 31.1 Å². The Morgan fingerprint density at radius 1 is 1.33 bits per heavy atom. The van der Waals surface area contributed by atoms with Crippen LogP contribution in [0.25, 0.3) is 11.3 Å². The largest absolute Gasteiger partial charge is 0.221 e. The fraction of sp³-hybridized carbons (Fsp3) is 0. The van der Waals surface area contributed by atoms with Gasteiger partial charge in [-0.1, -0.05) is 28.1 Å². The van der Waals surface area contributed by atoms with Crippen LogP contribution in [0, 0.1) is 11.3 Å². The molecule has 2 aromatic rings. The first-order chi connectivity index (χ1) is 7.31. The van der Waals surface area contributed by atoms with Gasteiger partial charge >= 0.3 is 0 Å². The predicted octanol–water partition coefficient (Wildman–Crippen LogP) is 2.17. The minimum absolute atomic E-state index is 0.281. The zero-order valence-electron chi connectivity index (χ0n) is 7.55. The molecule has 0 radical (unpaired) electrons. The number of halogens is 1. The number of benzene rings is 1. The Bertz CT molecular complexity index is 533. The lowest BCUT2D eigenvalue weighted by Gasteiger charge is -2.00. The molecule has 0 unspecified atom stereocenters. The molecule has 1 aromatic heterocycles. The quantitative estimate of drug-likeness (QED) is 0.789. The van der Waals surface area contributed by atoms with Crippen LogP contribution in [0.15, 0.2) is 35.1 Å². The first-order valence-corrected chi connectivity index (χ1v) is 4.94. The Kier molecular flexibility index (Phi) is 2.70. The SMILES string of the molecule is N#Cc1ncnnc1-c1cccc(Br)c1. The average molecular weight is 261 g/mol. The van der Waals surface area contributed by atoms with Crippen molar-refractivity contribution in [3.8, 4) is 17.3 Å². The van der Waals surface area contributed by atoms with Crippen LogP contribution in [0.4, 0.5) is 0 Å². The van der Waals surface area contributed by atoms with E-state index in [-0.39, 0.29) is 5.69 Å². The highest BCUT2D eigenvalue weighted by molar-refractivity contribution is 9.10. The van der Waals surface area contributed by atoms with E-state index in [1.165, 1.54) is 6.33 Å². The predicted molar refractivity (Wildman–Crippen MR) is 57.7 cm³/mol. The van der Waals surface area contributed by atoms with Crippen LogP contribution in [-0.2, 0) is 0 Å². The summed E-state index contributed by atoms with van der Waals surface area (Å²) in [5.41, 5.74) is 1.60. The van der Waals surface area contributed by atoms with Crippen molar-refractivity contribution >= 4 is 15.9 Å². The Morgan fingerprint density at radius 3 is 2.93 bits per heavy atom. The van der Waals surface area contributed by atoms with Gasteiger partial charge in [0.15, 0.2) is 5.69 Å². The number of nitriles is 1. The minimum Gasteiger partial charge on any atom is -0.221 e. The Hall–Kier alpha value is -1.80. The molecule has 15 heavy (non-hydrogen) atoms. The first kappa shape index (κ1) is 9.74. The van der Waals surface area contributed by atoms with Gasteiger partial charge in [0.1, 0.15) is 18.1 Å². The number of nitrogens with zero attached hydrogens (tertiary/aromatic N) is 4. The van der Waals surface area contributed by atoms with Gasteiger partial charge in [0, 0.05) is 10.0 Å². The van der Waals surface area contributed by atoms with Gasteiger partial charge in [-0.15, -0.1) is 10.2 Å². The topological polar surface area (TPSA) is 62.5 Å². The van der Waals surface area contributed by atoms with Crippen LogP contribution in [0.2, 0.25) is 0 Å². The van der Waals surface area contributed by atoms with Crippen molar-refractivity contribution in [1.29, 1.82) is 5.26 Å². The lowest BCUT2D eigenvalue weighted by molar-refractivity contribution is 0.964. The number of hydrogen-bond acceptors (Lipinski definition) is 4. The third-order valence-corrected chi connectivity index (χ3v) is 2.32. The van der Waals surface area contributed by atoms with E-state index in [0.717, 1.165) is 10.0 Å². The summed E-state index contributed by atoms with van der Waals surface area (Å²) in [5.74, 6) is 0. The van der Waals surface area contributed by atoms with Gasteiger partial charge in [-0.05, 0) is 12.1 Å². The summed E-state index contributed by atoms with van der Waals surface area (Å²) in [6.07, 6.45) is 1.26. The molecule has 5 heteroatoms. The second-order valence-corrected chi connectivity index (χ2v) is 3.70. The summed E-state index contributed by atoms with van der Waals surface area (Å²) >= 11 is 3.35. The first-order valence-electron chi connectivity index (χ1n) is 4.15. The van der Waals surface area contributed by atoms with Crippen LogP contribution < -0.4 is 0 Å². The van der Waals surface area contributed by atoms with Gasteiger partial charge in [0.25, 0.3) is 0 Å². The Labute approximate surface area is 94.7 Å².